The Bertz CT molecular complexity index is 500. The van der Waals surface area contributed by atoms with E-state index in [1.165, 1.54) is 0 Å². The molecule has 2 aromatic rings. The zero-order chi connectivity index (χ0) is 12.4. The lowest BCUT2D eigenvalue weighted by Crippen LogP contribution is -2.03. The average molecular weight is 228 g/mol. The van der Waals surface area contributed by atoms with Crippen LogP contribution in [-0.2, 0) is 6.42 Å². The van der Waals surface area contributed by atoms with Crippen LogP contribution in [0.15, 0.2) is 36.4 Å². The van der Waals surface area contributed by atoms with Crippen LogP contribution in [0.5, 0.6) is 0 Å². The molecule has 0 fully saturated rings. The molecule has 0 aliphatic heterocycles. The van der Waals surface area contributed by atoms with Gasteiger partial charge in [-0.2, -0.15) is 0 Å². The van der Waals surface area contributed by atoms with Crippen molar-refractivity contribution in [2.24, 2.45) is 0 Å². The van der Waals surface area contributed by atoms with E-state index in [1.807, 2.05) is 24.3 Å². The summed E-state index contributed by atoms with van der Waals surface area (Å²) in [4.78, 5) is 0. The number of hydrogen-bond acceptors (Lipinski definition) is 4. The predicted octanol–water partition coefficient (Wildman–Crippen LogP) is 1.61. The number of nitrogen functional groups attached to an aromatic ring is 4. The Hall–Kier alpha value is -2.36. The summed E-state index contributed by atoms with van der Waals surface area (Å²) < 4.78 is 0. The first-order valence-electron chi connectivity index (χ1n) is 5.35. The van der Waals surface area contributed by atoms with Gasteiger partial charge < -0.3 is 22.9 Å². The van der Waals surface area contributed by atoms with Crippen LogP contribution in [0.25, 0.3) is 0 Å². The smallest absolute Gasteiger partial charge is 0.0583 e. The highest BCUT2D eigenvalue weighted by atomic mass is 14.7. The van der Waals surface area contributed by atoms with Gasteiger partial charge in [-0.15, -0.1) is 0 Å². The van der Waals surface area contributed by atoms with Gasteiger partial charge in [-0.3, -0.25) is 0 Å². The van der Waals surface area contributed by atoms with E-state index < -0.39 is 0 Å². The molecule has 0 saturated heterocycles. The van der Waals surface area contributed by atoms with Crippen molar-refractivity contribution in [3.05, 3.63) is 47.5 Å². The molecule has 0 aliphatic rings. The fraction of sp³-hybridized carbons (Fsp3) is 0.0769. The molecule has 0 heterocycles. The Kier molecular flexibility index (Phi) is 2.78. The topological polar surface area (TPSA) is 104 Å². The molecule has 0 unspecified atom stereocenters. The van der Waals surface area contributed by atoms with Crippen molar-refractivity contribution in [1.29, 1.82) is 0 Å². The SMILES string of the molecule is Nc1cccc(Cc2cccc(N)c2N)c1N. The first kappa shape index (κ1) is 11.1. The normalized spacial score (nSPS) is 10.4. The molecule has 2 rings (SSSR count). The minimum Gasteiger partial charge on any atom is -0.397 e. The number of rotatable bonds is 2. The van der Waals surface area contributed by atoms with E-state index in [1.54, 1.807) is 12.1 Å². The molecule has 0 radical (unpaired) electrons. The zero-order valence-corrected chi connectivity index (χ0v) is 9.48. The third-order valence-electron chi connectivity index (χ3n) is 2.84. The monoisotopic (exact) mass is 228 g/mol. The molecule has 0 aromatic heterocycles. The maximum absolute atomic E-state index is 5.92. The van der Waals surface area contributed by atoms with Gasteiger partial charge in [0.15, 0.2) is 0 Å². The van der Waals surface area contributed by atoms with E-state index in [0.717, 1.165) is 11.1 Å². The largest absolute Gasteiger partial charge is 0.397 e. The molecule has 0 spiro atoms. The lowest BCUT2D eigenvalue weighted by Gasteiger charge is -2.11. The van der Waals surface area contributed by atoms with Crippen LogP contribution in [0, 0.1) is 0 Å². The van der Waals surface area contributed by atoms with Crippen LogP contribution in [0.4, 0.5) is 22.7 Å². The van der Waals surface area contributed by atoms with Gasteiger partial charge in [0.2, 0.25) is 0 Å². The molecule has 0 saturated carbocycles. The maximum atomic E-state index is 5.92. The summed E-state index contributed by atoms with van der Waals surface area (Å²) in [6.07, 6.45) is 0.633. The maximum Gasteiger partial charge on any atom is 0.0583 e. The van der Waals surface area contributed by atoms with E-state index in [9.17, 15) is 0 Å². The lowest BCUT2D eigenvalue weighted by molar-refractivity contribution is 1.20. The second-order valence-electron chi connectivity index (χ2n) is 4.02. The summed E-state index contributed by atoms with van der Waals surface area (Å²) in [5.74, 6) is 0. The summed E-state index contributed by atoms with van der Waals surface area (Å²) in [6, 6.07) is 11.2. The van der Waals surface area contributed by atoms with E-state index in [-0.39, 0.29) is 0 Å². The summed E-state index contributed by atoms with van der Waals surface area (Å²) in [5.41, 5.74) is 27.7. The van der Waals surface area contributed by atoms with Crippen molar-refractivity contribution in [3.63, 3.8) is 0 Å². The van der Waals surface area contributed by atoms with Gasteiger partial charge in [0.1, 0.15) is 0 Å². The number of benzene rings is 2. The number of para-hydroxylation sites is 2. The third kappa shape index (κ3) is 2.10. The Morgan fingerprint density at radius 2 is 1.06 bits per heavy atom. The molecule has 17 heavy (non-hydrogen) atoms. The first-order chi connectivity index (χ1) is 8.09. The third-order valence-corrected chi connectivity index (χ3v) is 2.84. The van der Waals surface area contributed by atoms with Crippen LogP contribution in [0.1, 0.15) is 11.1 Å². The second-order valence-corrected chi connectivity index (χ2v) is 4.02. The van der Waals surface area contributed by atoms with Crippen molar-refractivity contribution in [3.8, 4) is 0 Å². The lowest BCUT2D eigenvalue weighted by atomic mass is 10.0. The Balaban J connectivity index is 2.38. The van der Waals surface area contributed by atoms with Crippen molar-refractivity contribution in [1.82, 2.24) is 0 Å². The van der Waals surface area contributed by atoms with Crippen molar-refractivity contribution in [2.75, 3.05) is 22.9 Å². The minimum absolute atomic E-state index is 0.588. The van der Waals surface area contributed by atoms with Gasteiger partial charge in [0, 0.05) is 6.42 Å². The number of anilines is 4. The van der Waals surface area contributed by atoms with Gasteiger partial charge in [-0.1, -0.05) is 24.3 Å². The molecule has 0 bridgehead atoms. The van der Waals surface area contributed by atoms with Crippen LogP contribution in [0.2, 0.25) is 0 Å². The standard InChI is InChI=1S/C13H16N4/c14-10-5-1-3-8(12(10)16)7-9-4-2-6-11(15)13(9)17/h1-6H,7,14-17H2. The van der Waals surface area contributed by atoms with Gasteiger partial charge in [0.25, 0.3) is 0 Å². The van der Waals surface area contributed by atoms with Gasteiger partial charge in [-0.05, 0) is 23.3 Å². The molecule has 4 heteroatoms. The molecular weight excluding hydrogens is 212 g/mol. The molecule has 0 aliphatic carbocycles. The highest BCUT2D eigenvalue weighted by molar-refractivity contribution is 5.71. The average Bonchev–Trinajstić information content (AvgIpc) is 2.31. The highest BCUT2D eigenvalue weighted by Gasteiger charge is 2.07. The second kappa shape index (κ2) is 4.25. The summed E-state index contributed by atoms with van der Waals surface area (Å²) in [7, 11) is 0. The van der Waals surface area contributed by atoms with Crippen LogP contribution >= 0.6 is 0 Å². The van der Waals surface area contributed by atoms with Crippen LogP contribution in [0.3, 0.4) is 0 Å². The molecule has 8 N–H and O–H groups in total. The van der Waals surface area contributed by atoms with Crippen molar-refractivity contribution < 1.29 is 0 Å². The quantitative estimate of drug-likeness (QED) is 0.586. The fourth-order valence-corrected chi connectivity index (χ4v) is 1.78. The van der Waals surface area contributed by atoms with Crippen molar-refractivity contribution >= 4 is 22.7 Å². The number of hydrogen-bond donors (Lipinski definition) is 4. The summed E-state index contributed by atoms with van der Waals surface area (Å²) >= 11 is 0. The van der Waals surface area contributed by atoms with Gasteiger partial charge >= 0.3 is 0 Å². The van der Waals surface area contributed by atoms with E-state index in [0.29, 0.717) is 29.2 Å². The van der Waals surface area contributed by atoms with E-state index in [2.05, 4.69) is 0 Å². The molecule has 88 valence electrons. The Labute approximate surface area is 100 Å². The highest BCUT2D eigenvalue weighted by Crippen LogP contribution is 2.26. The van der Waals surface area contributed by atoms with Gasteiger partial charge in [-0.25, -0.2) is 0 Å². The first-order valence-corrected chi connectivity index (χ1v) is 5.35. The number of nitrogens with two attached hydrogens (primary N) is 4. The fourth-order valence-electron chi connectivity index (χ4n) is 1.78. The Morgan fingerprint density at radius 1 is 0.647 bits per heavy atom. The summed E-state index contributed by atoms with van der Waals surface area (Å²) in [6.45, 7) is 0. The van der Waals surface area contributed by atoms with E-state index >= 15 is 0 Å². The predicted molar refractivity (Wildman–Crippen MR) is 73.3 cm³/mol. The molecular formula is C13H16N4. The van der Waals surface area contributed by atoms with E-state index in [4.69, 9.17) is 22.9 Å². The zero-order valence-electron chi connectivity index (χ0n) is 9.48. The minimum atomic E-state index is 0.588. The van der Waals surface area contributed by atoms with Gasteiger partial charge in [0.05, 0.1) is 22.7 Å². The molecule has 0 atom stereocenters. The molecule has 2 aromatic carbocycles. The molecule has 0 amide bonds. The Morgan fingerprint density at radius 3 is 1.47 bits per heavy atom. The van der Waals surface area contributed by atoms with Crippen molar-refractivity contribution in [2.45, 2.75) is 6.42 Å². The van der Waals surface area contributed by atoms with Crippen LogP contribution in [-0.4, -0.2) is 0 Å². The molecule has 4 nitrogen and oxygen atoms in total. The summed E-state index contributed by atoms with van der Waals surface area (Å²) in [5, 5.41) is 0. The van der Waals surface area contributed by atoms with Crippen LogP contribution < -0.4 is 22.9 Å².